The topological polar surface area (TPSA) is 51.5 Å². The summed E-state index contributed by atoms with van der Waals surface area (Å²) >= 11 is 0. The fourth-order valence-electron chi connectivity index (χ4n) is 2.37. The highest BCUT2D eigenvalue weighted by Crippen LogP contribution is 2.40. The van der Waals surface area contributed by atoms with Crippen LogP contribution in [-0.4, -0.2) is 22.8 Å². The molecule has 1 heterocycles. The van der Waals surface area contributed by atoms with Crippen molar-refractivity contribution in [1.29, 1.82) is 0 Å². The molecule has 1 aromatic heterocycles. The van der Waals surface area contributed by atoms with Crippen molar-refractivity contribution >= 4 is 5.97 Å². The zero-order valence-electron chi connectivity index (χ0n) is 10.7. The van der Waals surface area contributed by atoms with Crippen molar-refractivity contribution in [2.75, 3.05) is 7.11 Å². The van der Waals surface area contributed by atoms with Gasteiger partial charge < -0.3 is 14.4 Å². The number of carboxylic acid groups (broad SMARTS) is 1. The van der Waals surface area contributed by atoms with Gasteiger partial charge in [-0.25, -0.2) is 4.79 Å². The Kier molecular flexibility index (Phi) is 2.78. The second-order valence-corrected chi connectivity index (χ2v) is 4.74. The van der Waals surface area contributed by atoms with Gasteiger partial charge in [0.15, 0.2) is 0 Å². The fraction of sp³-hybridized carbons (Fsp3) is 0.267. The molecule has 0 saturated heterocycles. The summed E-state index contributed by atoms with van der Waals surface area (Å²) < 4.78 is 7.15. The molecule has 0 aliphatic heterocycles. The highest BCUT2D eigenvalue weighted by atomic mass is 16.5. The molecule has 0 amide bonds. The molecule has 0 bridgehead atoms. The molecule has 0 unspecified atom stereocenters. The van der Waals surface area contributed by atoms with E-state index in [1.54, 1.807) is 13.2 Å². The summed E-state index contributed by atoms with van der Waals surface area (Å²) in [5, 5.41) is 9.26. The lowest BCUT2D eigenvalue weighted by molar-refractivity contribution is 0.0685. The Balaban J connectivity index is 2.11. The maximum atomic E-state index is 11.3. The minimum atomic E-state index is -0.874. The van der Waals surface area contributed by atoms with Gasteiger partial charge in [0.1, 0.15) is 11.4 Å². The van der Waals surface area contributed by atoms with Crippen molar-refractivity contribution in [1.82, 2.24) is 4.57 Å². The first-order valence-electron chi connectivity index (χ1n) is 6.29. The van der Waals surface area contributed by atoms with E-state index in [0.29, 0.717) is 11.7 Å². The zero-order valence-corrected chi connectivity index (χ0v) is 10.7. The molecule has 3 rings (SSSR count). The molecule has 19 heavy (non-hydrogen) atoms. The summed E-state index contributed by atoms with van der Waals surface area (Å²) in [6.07, 6.45) is 2.10. The van der Waals surface area contributed by atoms with E-state index in [0.717, 1.165) is 29.8 Å². The first-order valence-corrected chi connectivity index (χ1v) is 6.29. The Bertz CT molecular complexity index is 626. The van der Waals surface area contributed by atoms with Crippen LogP contribution in [0.15, 0.2) is 36.4 Å². The van der Waals surface area contributed by atoms with Gasteiger partial charge in [0.2, 0.25) is 0 Å². The molecule has 1 aromatic carbocycles. The summed E-state index contributed by atoms with van der Waals surface area (Å²) in [6.45, 7) is 0. The van der Waals surface area contributed by atoms with Gasteiger partial charge >= 0.3 is 5.97 Å². The second-order valence-electron chi connectivity index (χ2n) is 4.74. The maximum absolute atomic E-state index is 11.3. The van der Waals surface area contributed by atoms with Crippen molar-refractivity contribution < 1.29 is 14.6 Å². The smallest absolute Gasteiger partial charge is 0.352 e. The minimum Gasteiger partial charge on any atom is -0.497 e. The van der Waals surface area contributed by atoms with Crippen molar-refractivity contribution in [3.05, 3.63) is 42.1 Å². The van der Waals surface area contributed by atoms with Gasteiger partial charge in [-0.1, -0.05) is 12.1 Å². The first-order chi connectivity index (χ1) is 9.20. The van der Waals surface area contributed by atoms with Gasteiger partial charge in [0.05, 0.1) is 7.11 Å². The fourth-order valence-corrected chi connectivity index (χ4v) is 2.37. The van der Waals surface area contributed by atoms with Gasteiger partial charge in [-0.05, 0) is 37.1 Å². The Morgan fingerprint density at radius 2 is 2.11 bits per heavy atom. The number of methoxy groups -OCH3 is 1. The Morgan fingerprint density at radius 3 is 2.74 bits per heavy atom. The van der Waals surface area contributed by atoms with Gasteiger partial charge in [0.25, 0.3) is 0 Å². The Morgan fingerprint density at radius 1 is 1.32 bits per heavy atom. The van der Waals surface area contributed by atoms with E-state index < -0.39 is 5.97 Å². The molecule has 2 aromatic rings. The van der Waals surface area contributed by atoms with Crippen LogP contribution in [0.4, 0.5) is 0 Å². The number of aromatic nitrogens is 1. The number of aromatic carboxylic acids is 1. The van der Waals surface area contributed by atoms with Crippen LogP contribution in [0.25, 0.3) is 11.3 Å². The molecule has 1 N–H and O–H groups in total. The third kappa shape index (κ3) is 2.10. The van der Waals surface area contributed by atoms with E-state index in [-0.39, 0.29) is 0 Å². The lowest BCUT2D eigenvalue weighted by atomic mass is 10.1. The number of carbonyl (C=O) groups is 1. The predicted molar refractivity (Wildman–Crippen MR) is 71.7 cm³/mol. The van der Waals surface area contributed by atoms with Crippen molar-refractivity contribution in [2.24, 2.45) is 0 Å². The summed E-state index contributed by atoms with van der Waals surface area (Å²) in [5.74, 6) is -0.0982. The normalized spacial score (nSPS) is 14.4. The number of hydrogen-bond acceptors (Lipinski definition) is 2. The molecule has 1 aliphatic carbocycles. The molecule has 4 nitrogen and oxygen atoms in total. The average molecular weight is 257 g/mol. The zero-order chi connectivity index (χ0) is 13.4. The number of carboxylic acids is 1. The Labute approximate surface area is 111 Å². The second kappa shape index (κ2) is 4.46. The molecular weight excluding hydrogens is 242 g/mol. The summed E-state index contributed by atoms with van der Waals surface area (Å²) in [7, 11) is 1.63. The standard InChI is InChI=1S/C15H15NO3/c1-19-12-4-2-3-10(9-12)13-7-8-14(15(17)18)16(13)11-5-6-11/h2-4,7-9,11H,5-6H2,1H3,(H,17,18). The minimum absolute atomic E-state index is 0.322. The highest BCUT2D eigenvalue weighted by Gasteiger charge is 2.29. The van der Waals surface area contributed by atoms with Gasteiger partial charge in [-0.2, -0.15) is 0 Å². The molecule has 0 spiro atoms. The summed E-state index contributed by atoms with van der Waals surface area (Å²) in [5.41, 5.74) is 2.29. The lowest BCUT2D eigenvalue weighted by Gasteiger charge is -2.11. The molecule has 4 heteroatoms. The molecule has 0 atom stereocenters. The van der Waals surface area contributed by atoms with Crippen LogP contribution < -0.4 is 4.74 Å². The quantitative estimate of drug-likeness (QED) is 0.915. The molecule has 98 valence electrons. The summed E-state index contributed by atoms with van der Waals surface area (Å²) in [4.78, 5) is 11.3. The lowest BCUT2D eigenvalue weighted by Crippen LogP contribution is -2.08. The molecule has 1 fully saturated rings. The van der Waals surface area contributed by atoms with Crippen LogP contribution in [0, 0.1) is 0 Å². The highest BCUT2D eigenvalue weighted by molar-refractivity contribution is 5.87. The van der Waals surface area contributed by atoms with Crippen LogP contribution in [-0.2, 0) is 0 Å². The third-order valence-electron chi connectivity index (χ3n) is 3.41. The van der Waals surface area contributed by atoms with Crippen molar-refractivity contribution in [2.45, 2.75) is 18.9 Å². The van der Waals surface area contributed by atoms with E-state index in [1.165, 1.54) is 0 Å². The van der Waals surface area contributed by atoms with Crippen LogP contribution in [0.1, 0.15) is 29.4 Å². The average Bonchev–Trinajstić information content (AvgIpc) is 3.16. The van der Waals surface area contributed by atoms with Crippen LogP contribution in [0.2, 0.25) is 0 Å². The molecule has 1 saturated carbocycles. The van der Waals surface area contributed by atoms with E-state index >= 15 is 0 Å². The van der Waals surface area contributed by atoms with E-state index in [1.807, 2.05) is 34.9 Å². The van der Waals surface area contributed by atoms with E-state index in [4.69, 9.17) is 4.74 Å². The number of hydrogen-bond donors (Lipinski definition) is 1. The largest absolute Gasteiger partial charge is 0.497 e. The van der Waals surface area contributed by atoms with Crippen molar-refractivity contribution in [3.8, 4) is 17.0 Å². The first kappa shape index (κ1) is 11.8. The SMILES string of the molecule is COc1cccc(-c2ccc(C(=O)O)n2C2CC2)c1. The van der Waals surface area contributed by atoms with Crippen LogP contribution in [0.3, 0.4) is 0 Å². The number of ether oxygens (including phenoxy) is 1. The number of nitrogens with zero attached hydrogens (tertiary/aromatic N) is 1. The number of benzene rings is 1. The van der Waals surface area contributed by atoms with Gasteiger partial charge in [0, 0.05) is 17.3 Å². The summed E-state index contributed by atoms with van der Waals surface area (Å²) in [6, 6.07) is 11.6. The Hall–Kier alpha value is -2.23. The molecular formula is C15H15NO3. The maximum Gasteiger partial charge on any atom is 0.352 e. The monoisotopic (exact) mass is 257 g/mol. The van der Waals surface area contributed by atoms with Crippen LogP contribution in [0.5, 0.6) is 5.75 Å². The van der Waals surface area contributed by atoms with Crippen molar-refractivity contribution in [3.63, 3.8) is 0 Å². The van der Waals surface area contributed by atoms with E-state index in [9.17, 15) is 9.90 Å². The molecule has 1 aliphatic rings. The van der Waals surface area contributed by atoms with Gasteiger partial charge in [-0.3, -0.25) is 0 Å². The molecule has 0 radical (unpaired) electrons. The van der Waals surface area contributed by atoms with E-state index in [2.05, 4.69) is 0 Å². The number of rotatable bonds is 4. The predicted octanol–water partition coefficient (Wildman–Crippen LogP) is 3.20. The van der Waals surface area contributed by atoms with Gasteiger partial charge in [-0.15, -0.1) is 0 Å². The third-order valence-corrected chi connectivity index (χ3v) is 3.41. The van der Waals surface area contributed by atoms with Crippen LogP contribution >= 0.6 is 0 Å².